The van der Waals surface area contributed by atoms with Crippen LogP contribution in [0.25, 0.3) is 0 Å². The lowest BCUT2D eigenvalue weighted by Gasteiger charge is -2.31. The molecule has 0 unspecified atom stereocenters. The first kappa shape index (κ1) is 19.3. The molecule has 2 aromatic rings. The number of anilines is 2. The Balaban J connectivity index is 1.62. The van der Waals surface area contributed by atoms with Crippen molar-refractivity contribution in [2.75, 3.05) is 50.1 Å². The Kier molecular flexibility index (Phi) is 6.36. The van der Waals surface area contributed by atoms with E-state index in [1.807, 2.05) is 23.1 Å². The van der Waals surface area contributed by atoms with Crippen LogP contribution in [0.3, 0.4) is 0 Å². The van der Waals surface area contributed by atoms with Crippen molar-refractivity contribution < 1.29 is 18.3 Å². The molecule has 1 N–H and O–H groups in total. The first-order chi connectivity index (χ1) is 13.0. The Morgan fingerprint density at radius 3 is 2.48 bits per heavy atom. The van der Waals surface area contributed by atoms with Crippen molar-refractivity contribution in [2.45, 2.75) is 6.54 Å². The molecule has 1 fully saturated rings. The number of nitrogens with one attached hydrogen (secondary N) is 1. The van der Waals surface area contributed by atoms with Gasteiger partial charge in [0.15, 0.2) is 0 Å². The topological polar surface area (TPSA) is 44.8 Å². The first-order valence-corrected chi connectivity index (χ1v) is 8.87. The molecule has 1 heterocycles. The van der Waals surface area contributed by atoms with Gasteiger partial charge >= 0.3 is 0 Å². The fraction of sp³-hybridized carbons (Fsp3) is 0.350. The zero-order valence-corrected chi connectivity index (χ0v) is 15.3. The number of carbonyl (C=O) groups excluding carboxylic acids is 1. The molecule has 1 aliphatic rings. The van der Waals surface area contributed by atoms with Crippen molar-refractivity contribution in [3.8, 4) is 0 Å². The molecule has 0 saturated carbocycles. The minimum absolute atomic E-state index is 0.0191. The smallest absolute Gasteiger partial charge is 0.238 e. The van der Waals surface area contributed by atoms with E-state index < -0.39 is 23.2 Å². The number of hydrogen-bond donors (Lipinski definition) is 1. The standard InChI is InChI=1S/C20H23F2N3O2/c1-24(14-19(26)23-20-16(21)6-4-7-17(20)22)13-15-5-2-3-8-18(15)25-9-11-27-12-10-25/h2-8H,9-14H2,1H3,(H,23,26). The summed E-state index contributed by atoms with van der Waals surface area (Å²) in [6.45, 7) is 3.61. The summed E-state index contributed by atoms with van der Waals surface area (Å²) in [6.07, 6.45) is 0. The van der Waals surface area contributed by atoms with Crippen LogP contribution in [0.1, 0.15) is 5.56 Å². The number of para-hydroxylation sites is 2. The minimum Gasteiger partial charge on any atom is -0.378 e. The highest BCUT2D eigenvalue weighted by Gasteiger charge is 2.17. The predicted octanol–water partition coefficient (Wildman–Crippen LogP) is 2.87. The molecule has 0 radical (unpaired) electrons. The average molecular weight is 375 g/mol. The molecule has 1 amide bonds. The van der Waals surface area contributed by atoms with Crippen molar-refractivity contribution in [1.82, 2.24) is 4.90 Å². The number of amides is 1. The molecule has 3 rings (SSSR count). The number of hydrogen-bond acceptors (Lipinski definition) is 4. The zero-order chi connectivity index (χ0) is 19.2. The van der Waals surface area contributed by atoms with Gasteiger partial charge < -0.3 is 15.0 Å². The highest BCUT2D eigenvalue weighted by molar-refractivity contribution is 5.92. The van der Waals surface area contributed by atoms with Crippen LogP contribution in [-0.4, -0.2) is 50.7 Å². The van der Waals surface area contributed by atoms with Gasteiger partial charge in [-0.05, 0) is 30.8 Å². The van der Waals surface area contributed by atoms with E-state index in [1.165, 1.54) is 6.07 Å². The second kappa shape index (κ2) is 8.92. The molecule has 1 saturated heterocycles. The van der Waals surface area contributed by atoms with Crippen LogP contribution in [0, 0.1) is 11.6 Å². The highest BCUT2D eigenvalue weighted by Crippen LogP contribution is 2.23. The highest BCUT2D eigenvalue weighted by atomic mass is 19.1. The Labute approximate surface area is 157 Å². The summed E-state index contributed by atoms with van der Waals surface area (Å²) < 4.78 is 32.7. The molecule has 0 bridgehead atoms. The van der Waals surface area contributed by atoms with Gasteiger partial charge in [0.1, 0.15) is 17.3 Å². The summed E-state index contributed by atoms with van der Waals surface area (Å²) in [4.78, 5) is 16.3. The van der Waals surface area contributed by atoms with Gasteiger partial charge in [-0.1, -0.05) is 24.3 Å². The number of carbonyl (C=O) groups is 1. The Morgan fingerprint density at radius 2 is 1.78 bits per heavy atom. The SMILES string of the molecule is CN(CC(=O)Nc1c(F)cccc1F)Cc1ccccc1N1CCOCC1. The molecule has 27 heavy (non-hydrogen) atoms. The molecule has 0 aliphatic carbocycles. The fourth-order valence-corrected chi connectivity index (χ4v) is 3.15. The maximum atomic E-state index is 13.7. The lowest BCUT2D eigenvalue weighted by Crippen LogP contribution is -2.37. The lowest BCUT2D eigenvalue weighted by molar-refractivity contribution is -0.117. The van der Waals surface area contributed by atoms with Crippen molar-refractivity contribution in [3.63, 3.8) is 0 Å². The van der Waals surface area contributed by atoms with Crippen molar-refractivity contribution >= 4 is 17.3 Å². The van der Waals surface area contributed by atoms with Gasteiger partial charge in [-0.15, -0.1) is 0 Å². The molecule has 0 atom stereocenters. The monoisotopic (exact) mass is 375 g/mol. The van der Waals surface area contributed by atoms with Crippen LogP contribution in [0.2, 0.25) is 0 Å². The van der Waals surface area contributed by atoms with Gasteiger partial charge in [0.05, 0.1) is 19.8 Å². The maximum Gasteiger partial charge on any atom is 0.238 e. The van der Waals surface area contributed by atoms with Crippen LogP contribution in [0.15, 0.2) is 42.5 Å². The summed E-state index contributed by atoms with van der Waals surface area (Å²) in [5.41, 5.74) is 1.80. The van der Waals surface area contributed by atoms with Crippen LogP contribution in [0.5, 0.6) is 0 Å². The van der Waals surface area contributed by atoms with Gasteiger partial charge in [-0.25, -0.2) is 8.78 Å². The summed E-state index contributed by atoms with van der Waals surface area (Å²) >= 11 is 0. The van der Waals surface area contributed by atoms with Crippen molar-refractivity contribution in [2.24, 2.45) is 0 Å². The first-order valence-electron chi connectivity index (χ1n) is 8.87. The van der Waals surface area contributed by atoms with Gasteiger partial charge in [0, 0.05) is 25.3 Å². The van der Waals surface area contributed by atoms with Gasteiger partial charge in [-0.2, -0.15) is 0 Å². The Hall–Kier alpha value is -2.51. The van der Waals surface area contributed by atoms with Gasteiger partial charge in [-0.3, -0.25) is 9.69 Å². The van der Waals surface area contributed by atoms with E-state index in [-0.39, 0.29) is 6.54 Å². The lowest BCUT2D eigenvalue weighted by atomic mass is 10.1. The second-order valence-electron chi connectivity index (χ2n) is 6.55. The largest absolute Gasteiger partial charge is 0.378 e. The molecule has 2 aromatic carbocycles. The fourth-order valence-electron chi connectivity index (χ4n) is 3.15. The number of benzene rings is 2. The van der Waals surface area contributed by atoms with Crippen molar-refractivity contribution in [1.29, 1.82) is 0 Å². The normalized spacial score (nSPS) is 14.4. The number of nitrogens with zero attached hydrogens (tertiary/aromatic N) is 2. The van der Waals surface area contributed by atoms with E-state index in [0.29, 0.717) is 19.8 Å². The summed E-state index contributed by atoms with van der Waals surface area (Å²) in [5.74, 6) is -2.04. The van der Waals surface area contributed by atoms with Crippen LogP contribution < -0.4 is 10.2 Å². The maximum absolute atomic E-state index is 13.7. The number of morpholine rings is 1. The quantitative estimate of drug-likeness (QED) is 0.843. The number of ether oxygens (including phenoxy) is 1. The Bertz CT molecular complexity index is 774. The van der Waals surface area contributed by atoms with E-state index >= 15 is 0 Å². The molecule has 1 aliphatic heterocycles. The predicted molar refractivity (Wildman–Crippen MR) is 101 cm³/mol. The van der Waals surface area contributed by atoms with Gasteiger partial charge in [0.2, 0.25) is 5.91 Å². The number of rotatable bonds is 6. The number of halogens is 2. The van der Waals surface area contributed by atoms with Crippen LogP contribution >= 0.6 is 0 Å². The molecule has 0 aromatic heterocycles. The van der Waals surface area contributed by atoms with Crippen LogP contribution in [-0.2, 0) is 16.1 Å². The van der Waals surface area contributed by atoms with E-state index in [1.54, 1.807) is 7.05 Å². The van der Waals surface area contributed by atoms with E-state index in [0.717, 1.165) is 36.5 Å². The summed E-state index contributed by atoms with van der Waals surface area (Å²) in [6, 6.07) is 11.5. The molecular weight excluding hydrogens is 352 g/mol. The molecule has 5 nitrogen and oxygen atoms in total. The summed E-state index contributed by atoms with van der Waals surface area (Å²) in [5, 5.41) is 2.32. The second-order valence-corrected chi connectivity index (χ2v) is 6.55. The van der Waals surface area contributed by atoms with E-state index in [4.69, 9.17) is 4.74 Å². The van der Waals surface area contributed by atoms with Crippen molar-refractivity contribution in [3.05, 3.63) is 59.7 Å². The van der Waals surface area contributed by atoms with E-state index in [9.17, 15) is 13.6 Å². The molecular formula is C20H23F2N3O2. The third kappa shape index (κ3) is 5.02. The average Bonchev–Trinajstić information content (AvgIpc) is 2.66. The minimum atomic E-state index is -0.788. The molecule has 144 valence electrons. The zero-order valence-electron chi connectivity index (χ0n) is 15.3. The summed E-state index contributed by atoms with van der Waals surface area (Å²) in [7, 11) is 1.80. The number of likely N-dealkylation sites (N-methyl/N-ethyl adjacent to an activating group) is 1. The molecule has 0 spiro atoms. The third-order valence-electron chi connectivity index (χ3n) is 4.42. The third-order valence-corrected chi connectivity index (χ3v) is 4.42. The van der Waals surface area contributed by atoms with Gasteiger partial charge in [0.25, 0.3) is 0 Å². The Morgan fingerprint density at radius 1 is 1.11 bits per heavy atom. The van der Waals surface area contributed by atoms with E-state index in [2.05, 4.69) is 16.3 Å². The van der Waals surface area contributed by atoms with Crippen LogP contribution in [0.4, 0.5) is 20.2 Å². The molecule has 7 heteroatoms.